The van der Waals surface area contributed by atoms with E-state index in [1.54, 1.807) is 0 Å². The minimum absolute atomic E-state index is 0.338. The second-order valence-electron chi connectivity index (χ2n) is 5.22. The summed E-state index contributed by atoms with van der Waals surface area (Å²) >= 11 is 0. The number of ether oxygens (including phenoxy) is 2. The zero-order valence-electron chi connectivity index (χ0n) is 14.2. The minimum Gasteiger partial charge on any atom is -0.349 e. The molecule has 2 rings (SSSR count). The van der Waals surface area contributed by atoms with Gasteiger partial charge in [-0.3, -0.25) is 5.84 Å². The molecule has 0 aromatic heterocycles. The van der Waals surface area contributed by atoms with Crippen LogP contribution in [0.3, 0.4) is 0 Å². The predicted molar refractivity (Wildman–Crippen MR) is 95.3 cm³/mol. The van der Waals surface area contributed by atoms with Crippen molar-refractivity contribution in [3.05, 3.63) is 59.7 Å². The molecule has 0 fully saturated rings. The normalized spacial score (nSPS) is 12.5. The van der Waals surface area contributed by atoms with E-state index in [1.165, 1.54) is 0 Å². The predicted octanol–water partition coefficient (Wildman–Crippen LogP) is 2.35. The molecule has 0 radical (unpaired) electrons. The second kappa shape index (κ2) is 9.48. The lowest BCUT2D eigenvalue weighted by Gasteiger charge is -2.19. The highest BCUT2D eigenvalue weighted by Gasteiger charge is 2.14. The third-order valence-electron chi connectivity index (χ3n) is 3.66. The van der Waals surface area contributed by atoms with Crippen molar-refractivity contribution >= 4 is 0 Å². The minimum atomic E-state index is -0.412. The van der Waals surface area contributed by atoms with Gasteiger partial charge in [-0.1, -0.05) is 48.5 Å². The van der Waals surface area contributed by atoms with E-state index in [-0.39, 0.29) is 6.29 Å². The molecule has 2 aromatic carbocycles. The fourth-order valence-electron chi connectivity index (χ4n) is 2.56. The average molecular weight is 330 g/mol. The Morgan fingerprint density at radius 3 is 2.17 bits per heavy atom. The molecule has 1 unspecified atom stereocenters. The summed E-state index contributed by atoms with van der Waals surface area (Å²) in [6.07, 6.45) is -0.750. The molecular weight excluding hydrogens is 304 g/mol. The van der Waals surface area contributed by atoms with Crippen molar-refractivity contribution in [1.82, 2.24) is 11.0 Å². The van der Waals surface area contributed by atoms with E-state index in [2.05, 4.69) is 11.0 Å². The molecule has 6 N–H and O–H groups in total. The lowest BCUT2D eigenvalue weighted by molar-refractivity contribution is -0.140. The zero-order valence-corrected chi connectivity index (χ0v) is 14.2. The summed E-state index contributed by atoms with van der Waals surface area (Å²) in [5.41, 5.74) is 15.4. The Balaban J connectivity index is 2.28. The maximum Gasteiger partial charge on any atom is 0.183 e. The summed E-state index contributed by atoms with van der Waals surface area (Å²) in [6.45, 7) is 5.11. The van der Waals surface area contributed by atoms with E-state index >= 15 is 0 Å². The Morgan fingerprint density at radius 1 is 0.958 bits per heavy atom. The van der Waals surface area contributed by atoms with Crippen LogP contribution in [0, 0.1) is 0 Å². The molecular formula is C18H26N4O2. The first-order valence-corrected chi connectivity index (χ1v) is 8.10. The molecule has 0 aliphatic heterocycles. The molecule has 0 spiro atoms. The van der Waals surface area contributed by atoms with E-state index in [1.807, 2.05) is 62.4 Å². The Labute approximate surface area is 143 Å². The van der Waals surface area contributed by atoms with Gasteiger partial charge in [0, 0.05) is 18.8 Å². The molecule has 130 valence electrons. The van der Waals surface area contributed by atoms with Gasteiger partial charge in [0.25, 0.3) is 0 Å². The van der Waals surface area contributed by atoms with Crippen molar-refractivity contribution in [3.8, 4) is 11.1 Å². The molecule has 0 bridgehead atoms. The molecule has 24 heavy (non-hydrogen) atoms. The maximum absolute atomic E-state index is 6.11. The van der Waals surface area contributed by atoms with Gasteiger partial charge >= 0.3 is 0 Å². The van der Waals surface area contributed by atoms with Crippen LogP contribution in [-0.4, -0.2) is 13.2 Å². The molecule has 0 amide bonds. The van der Waals surface area contributed by atoms with Gasteiger partial charge in [0.15, 0.2) is 6.29 Å². The Hall–Kier alpha value is -1.80. The zero-order chi connectivity index (χ0) is 17.4. The third kappa shape index (κ3) is 4.61. The Kier molecular flexibility index (Phi) is 7.33. The fourth-order valence-corrected chi connectivity index (χ4v) is 2.56. The smallest absolute Gasteiger partial charge is 0.183 e. The van der Waals surface area contributed by atoms with Crippen LogP contribution in [0.5, 0.6) is 0 Å². The van der Waals surface area contributed by atoms with Gasteiger partial charge in [-0.15, -0.1) is 0 Å². The van der Waals surface area contributed by atoms with Gasteiger partial charge in [-0.05, 0) is 30.5 Å². The van der Waals surface area contributed by atoms with E-state index in [9.17, 15) is 0 Å². The van der Waals surface area contributed by atoms with Crippen molar-refractivity contribution in [3.63, 3.8) is 0 Å². The SMILES string of the molecule is CCOC(OCC)c1ccc(-c2ccccc2C(N)NNN)cc1. The Morgan fingerprint density at radius 2 is 1.58 bits per heavy atom. The summed E-state index contributed by atoms with van der Waals surface area (Å²) in [7, 11) is 0. The van der Waals surface area contributed by atoms with Gasteiger partial charge in [0.2, 0.25) is 0 Å². The van der Waals surface area contributed by atoms with Crippen molar-refractivity contribution in [2.24, 2.45) is 11.6 Å². The molecule has 0 aliphatic rings. The van der Waals surface area contributed by atoms with Crippen LogP contribution in [0.2, 0.25) is 0 Å². The number of hydrazine groups is 2. The van der Waals surface area contributed by atoms with E-state index in [4.69, 9.17) is 21.1 Å². The van der Waals surface area contributed by atoms with Crippen molar-refractivity contribution < 1.29 is 9.47 Å². The molecule has 6 nitrogen and oxygen atoms in total. The second-order valence-corrected chi connectivity index (χ2v) is 5.22. The number of hydrogen-bond acceptors (Lipinski definition) is 6. The van der Waals surface area contributed by atoms with E-state index in [0.29, 0.717) is 13.2 Å². The Bertz CT molecular complexity index is 613. The van der Waals surface area contributed by atoms with Gasteiger partial charge in [-0.2, -0.15) is 5.53 Å². The molecule has 0 heterocycles. The van der Waals surface area contributed by atoms with Gasteiger partial charge in [-0.25, -0.2) is 5.43 Å². The van der Waals surface area contributed by atoms with Crippen molar-refractivity contribution in [2.45, 2.75) is 26.3 Å². The molecule has 0 saturated carbocycles. The number of benzene rings is 2. The monoisotopic (exact) mass is 330 g/mol. The van der Waals surface area contributed by atoms with Crippen molar-refractivity contribution in [2.75, 3.05) is 13.2 Å². The van der Waals surface area contributed by atoms with Gasteiger partial charge < -0.3 is 15.2 Å². The lowest BCUT2D eigenvalue weighted by Crippen LogP contribution is -2.44. The fraction of sp³-hybridized carbons (Fsp3) is 0.333. The quantitative estimate of drug-likeness (QED) is 0.320. The molecule has 1 atom stereocenters. The largest absolute Gasteiger partial charge is 0.349 e. The van der Waals surface area contributed by atoms with Gasteiger partial charge in [0.05, 0.1) is 6.17 Å². The molecule has 0 aliphatic carbocycles. The summed E-state index contributed by atoms with van der Waals surface area (Å²) in [4.78, 5) is 0. The van der Waals surface area contributed by atoms with Crippen LogP contribution in [0.15, 0.2) is 48.5 Å². The maximum atomic E-state index is 6.11. The number of rotatable bonds is 9. The van der Waals surface area contributed by atoms with Crippen LogP contribution in [0.4, 0.5) is 0 Å². The number of nitrogens with one attached hydrogen (secondary N) is 2. The van der Waals surface area contributed by atoms with Crippen LogP contribution in [-0.2, 0) is 9.47 Å². The molecule has 6 heteroatoms. The summed E-state index contributed by atoms with van der Waals surface area (Å²) < 4.78 is 11.3. The van der Waals surface area contributed by atoms with Gasteiger partial charge in [0.1, 0.15) is 0 Å². The van der Waals surface area contributed by atoms with Crippen LogP contribution in [0.1, 0.15) is 37.4 Å². The number of hydrogen-bond donors (Lipinski definition) is 4. The topological polar surface area (TPSA) is 94.6 Å². The first-order chi connectivity index (χ1) is 11.7. The van der Waals surface area contributed by atoms with Crippen molar-refractivity contribution in [1.29, 1.82) is 0 Å². The van der Waals surface area contributed by atoms with E-state index in [0.717, 1.165) is 22.3 Å². The highest BCUT2D eigenvalue weighted by molar-refractivity contribution is 5.68. The summed E-state index contributed by atoms with van der Waals surface area (Å²) in [5.74, 6) is 5.30. The summed E-state index contributed by atoms with van der Waals surface area (Å²) in [6, 6.07) is 16.1. The highest BCUT2D eigenvalue weighted by atomic mass is 16.7. The summed E-state index contributed by atoms with van der Waals surface area (Å²) in [5, 5.41) is 0. The first kappa shape index (κ1) is 18.5. The van der Waals surface area contributed by atoms with Crippen LogP contribution in [0.25, 0.3) is 11.1 Å². The standard InChI is InChI=1S/C18H26N4O2/c1-3-23-18(24-4-2)14-11-9-13(10-12-14)15-7-5-6-8-16(15)17(19)21-22-20/h5-12,17-18,21-22H,3-4,19-20H2,1-2H3. The van der Waals surface area contributed by atoms with Crippen LogP contribution < -0.4 is 22.5 Å². The molecule has 0 saturated heterocycles. The first-order valence-electron chi connectivity index (χ1n) is 8.10. The third-order valence-corrected chi connectivity index (χ3v) is 3.66. The van der Waals surface area contributed by atoms with Crippen LogP contribution >= 0.6 is 0 Å². The number of nitrogens with two attached hydrogens (primary N) is 2. The lowest BCUT2D eigenvalue weighted by atomic mass is 9.97. The molecule has 2 aromatic rings. The highest BCUT2D eigenvalue weighted by Crippen LogP contribution is 2.28. The van der Waals surface area contributed by atoms with E-state index < -0.39 is 6.17 Å². The average Bonchev–Trinajstić information content (AvgIpc) is 2.62.